The maximum Gasteiger partial charge on any atom is 0.193 e. The Morgan fingerprint density at radius 3 is 2.80 bits per heavy atom. The molecule has 0 amide bonds. The highest BCUT2D eigenvalue weighted by Gasteiger charge is 2.14. The lowest BCUT2D eigenvalue weighted by atomic mass is 10.2. The highest BCUT2D eigenvalue weighted by atomic mass is 127. The Kier molecular flexibility index (Phi) is 10.2. The van der Waals surface area contributed by atoms with Crippen LogP contribution in [0.3, 0.4) is 0 Å². The maximum atomic E-state index is 6.10. The number of rotatable bonds is 9. The molecule has 1 aliphatic rings. The summed E-state index contributed by atoms with van der Waals surface area (Å²) >= 11 is 0. The van der Waals surface area contributed by atoms with E-state index in [4.69, 9.17) is 15.2 Å². The van der Waals surface area contributed by atoms with Gasteiger partial charge in [0, 0.05) is 32.0 Å². The van der Waals surface area contributed by atoms with Gasteiger partial charge >= 0.3 is 0 Å². The van der Waals surface area contributed by atoms with E-state index in [9.17, 15) is 0 Å². The number of halogens is 1. The predicted molar refractivity (Wildman–Crippen MR) is 130 cm³/mol. The van der Waals surface area contributed by atoms with Crippen molar-refractivity contribution in [2.75, 3.05) is 25.1 Å². The van der Waals surface area contributed by atoms with Crippen molar-refractivity contribution < 1.29 is 9.47 Å². The Hall–Kier alpha value is -2.04. The number of fused-ring (bicyclic) bond motifs is 1. The average molecular weight is 528 g/mol. The zero-order valence-electron chi connectivity index (χ0n) is 17.9. The molecular weight excluding hydrogens is 495 g/mol. The van der Waals surface area contributed by atoms with Crippen LogP contribution in [0.4, 0.5) is 5.69 Å². The quantitative estimate of drug-likeness (QED) is 0.223. The number of hydrogen-bond donors (Lipinski definition) is 2. The molecule has 2 aromatic rings. The smallest absolute Gasteiger partial charge is 0.193 e. The first-order valence-electron chi connectivity index (χ1n) is 10.6. The third-order valence-electron chi connectivity index (χ3n) is 4.85. The maximum absolute atomic E-state index is 6.10. The summed E-state index contributed by atoms with van der Waals surface area (Å²) < 4.78 is 13.5. The van der Waals surface area contributed by atoms with Gasteiger partial charge in [-0.1, -0.05) is 6.42 Å². The third-order valence-corrected chi connectivity index (χ3v) is 4.85. The van der Waals surface area contributed by atoms with Gasteiger partial charge in [-0.2, -0.15) is 0 Å². The van der Waals surface area contributed by atoms with Gasteiger partial charge < -0.3 is 25.1 Å². The Bertz CT molecular complexity index is 824. The van der Waals surface area contributed by atoms with Crippen LogP contribution in [0.2, 0.25) is 0 Å². The van der Waals surface area contributed by atoms with Crippen LogP contribution in [-0.2, 0) is 19.4 Å². The molecule has 9 heteroatoms. The van der Waals surface area contributed by atoms with Gasteiger partial charge in [0.05, 0.1) is 18.9 Å². The molecule has 0 aliphatic carbocycles. The molecule has 30 heavy (non-hydrogen) atoms. The molecule has 0 saturated heterocycles. The molecule has 0 atom stereocenters. The van der Waals surface area contributed by atoms with Crippen molar-refractivity contribution in [1.82, 2.24) is 14.8 Å². The van der Waals surface area contributed by atoms with Crippen LogP contribution >= 0.6 is 24.0 Å². The topological polar surface area (TPSA) is 99.6 Å². The highest BCUT2D eigenvalue weighted by Crippen LogP contribution is 2.29. The largest absolute Gasteiger partial charge is 0.494 e. The van der Waals surface area contributed by atoms with Crippen molar-refractivity contribution in [1.29, 1.82) is 0 Å². The summed E-state index contributed by atoms with van der Waals surface area (Å²) in [6.07, 6.45) is 6.44. The molecule has 0 unspecified atom stereocenters. The van der Waals surface area contributed by atoms with Gasteiger partial charge in [0.25, 0.3) is 0 Å². The zero-order chi connectivity index (χ0) is 20.5. The summed E-state index contributed by atoms with van der Waals surface area (Å²) in [7, 11) is 0. The number of aromatic nitrogens is 3. The van der Waals surface area contributed by atoms with Crippen molar-refractivity contribution >= 4 is 35.6 Å². The van der Waals surface area contributed by atoms with Gasteiger partial charge in [0.1, 0.15) is 23.1 Å². The van der Waals surface area contributed by atoms with E-state index in [1.807, 2.05) is 32.0 Å². The molecule has 1 aromatic heterocycles. The minimum Gasteiger partial charge on any atom is -0.494 e. The summed E-state index contributed by atoms with van der Waals surface area (Å²) in [6, 6.07) is 5.64. The SMILES string of the molecule is CCOc1ccc(OCC)c(NC(N)=NCCCc2nnc3n2CCCCC3)c1.I. The fraction of sp³-hybridized carbons (Fsp3) is 0.571. The molecule has 3 rings (SSSR count). The van der Waals surface area contributed by atoms with E-state index in [1.54, 1.807) is 0 Å². The number of nitrogens with zero attached hydrogens (tertiary/aromatic N) is 4. The first-order chi connectivity index (χ1) is 14.2. The van der Waals surface area contributed by atoms with Gasteiger partial charge in [0.15, 0.2) is 5.96 Å². The zero-order valence-corrected chi connectivity index (χ0v) is 20.2. The van der Waals surface area contributed by atoms with Crippen LogP contribution in [0.1, 0.15) is 51.2 Å². The van der Waals surface area contributed by atoms with Crippen molar-refractivity contribution in [3.8, 4) is 11.5 Å². The van der Waals surface area contributed by atoms with E-state index >= 15 is 0 Å². The van der Waals surface area contributed by atoms with Crippen LogP contribution in [-0.4, -0.2) is 40.5 Å². The number of anilines is 1. The lowest BCUT2D eigenvalue weighted by molar-refractivity contribution is 0.332. The number of nitrogens with one attached hydrogen (secondary N) is 1. The normalized spacial score (nSPS) is 13.7. The number of ether oxygens (including phenoxy) is 2. The van der Waals surface area contributed by atoms with Gasteiger partial charge in [-0.05, 0) is 45.2 Å². The van der Waals surface area contributed by atoms with Crippen LogP contribution in [0.15, 0.2) is 23.2 Å². The lowest BCUT2D eigenvalue weighted by Crippen LogP contribution is -2.23. The van der Waals surface area contributed by atoms with E-state index in [0.717, 1.165) is 54.6 Å². The summed E-state index contributed by atoms with van der Waals surface area (Å²) in [6.45, 7) is 6.72. The first-order valence-corrected chi connectivity index (χ1v) is 10.6. The molecule has 1 aromatic carbocycles. The molecule has 166 valence electrons. The van der Waals surface area contributed by atoms with Crippen LogP contribution in [0.5, 0.6) is 11.5 Å². The lowest BCUT2D eigenvalue weighted by Gasteiger charge is -2.14. The highest BCUT2D eigenvalue weighted by molar-refractivity contribution is 14.0. The minimum absolute atomic E-state index is 0. The van der Waals surface area contributed by atoms with E-state index < -0.39 is 0 Å². The number of nitrogens with two attached hydrogens (primary N) is 1. The second-order valence-corrected chi connectivity index (χ2v) is 7.01. The summed E-state index contributed by atoms with van der Waals surface area (Å²) in [5.41, 5.74) is 6.85. The Morgan fingerprint density at radius 2 is 2.00 bits per heavy atom. The fourth-order valence-electron chi connectivity index (χ4n) is 3.49. The number of aryl methyl sites for hydroxylation is 2. The standard InChI is InChI=1S/C21H32N6O2.HI/c1-3-28-16-11-12-18(29-4-2)17(15-16)24-21(22)23-13-8-10-20-26-25-19-9-6-5-7-14-27(19)20;/h11-12,15H,3-10,13-14H2,1-2H3,(H3,22,23,24);1H. The van der Waals surface area contributed by atoms with Crippen LogP contribution in [0.25, 0.3) is 0 Å². The van der Waals surface area contributed by atoms with E-state index in [2.05, 4.69) is 25.1 Å². The van der Waals surface area contributed by atoms with E-state index in [1.165, 1.54) is 19.3 Å². The molecule has 3 N–H and O–H groups in total. The molecule has 0 bridgehead atoms. The fourth-order valence-corrected chi connectivity index (χ4v) is 3.49. The Morgan fingerprint density at radius 1 is 1.17 bits per heavy atom. The van der Waals surface area contributed by atoms with E-state index in [0.29, 0.717) is 25.7 Å². The molecule has 8 nitrogen and oxygen atoms in total. The summed E-state index contributed by atoms with van der Waals surface area (Å²) in [5, 5.41) is 11.9. The molecule has 2 heterocycles. The second-order valence-electron chi connectivity index (χ2n) is 7.01. The summed E-state index contributed by atoms with van der Waals surface area (Å²) in [4.78, 5) is 4.46. The molecule has 0 saturated carbocycles. The minimum atomic E-state index is 0. The van der Waals surface area contributed by atoms with Gasteiger partial charge in [-0.25, -0.2) is 0 Å². The number of benzene rings is 1. The molecular formula is C21H33IN6O2. The van der Waals surface area contributed by atoms with Crippen molar-refractivity contribution in [2.45, 2.75) is 58.9 Å². The first kappa shape index (κ1) is 24.2. The third kappa shape index (κ3) is 6.75. The van der Waals surface area contributed by atoms with E-state index in [-0.39, 0.29) is 24.0 Å². The second kappa shape index (κ2) is 12.6. The molecule has 1 aliphatic heterocycles. The van der Waals surface area contributed by atoms with Gasteiger partial charge in [-0.15, -0.1) is 34.2 Å². The van der Waals surface area contributed by atoms with Crippen molar-refractivity contribution in [2.24, 2.45) is 10.7 Å². The van der Waals surface area contributed by atoms with Gasteiger partial charge in [-0.3, -0.25) is 4.99 Å². The number of hydrogen-bond acceptors (Lipinski definition) is 5. The molecule has 0 spiro atoms. The average Bonchev–Trinajstić information content (AvgIpc) is 2.93. The number of aliphatic imine (C=N–C) groups is 1. The summed E-state index contributed by atoms with van der Waals surface area (Å²) in [5.74, 6) is 4.03. The van der Waals surface area contributed by atoms with Crippen LogP contribution in [0, 0.1) is 0 Å². The van der Waals surface area contributed by atoms with Gasteiger partial charge in [0.2, 0.25) is 0 Å². The van der Waals surface area contributed by atoms with Crippen molar-refractivity contribution in [3.05, 3.63) is 29.8 Å². The van der Waals surface area contributed by atoms with Crippen molar-refractivity contribution in [3.63, 3.8) is 0 Å². The Balaban J connectivity index is 0.00000320. The Labute approximate surface area is 195 Å². The predicted octanol–water partition coefficient (Wildman–Crippen LogP) is 3.78. The van der Waals surface area contributed by atoms with Crippen LogP contribution < -0.4 is 20.5 Å². The molecule has 0 radical (unpaired) electrons. The monoisotopic (exact) mass is 528 g/mol. The number of guanidine groups is 1. The molecule has 0 fully saturated rings.